The highest BCUT2D eigenvalue weighted by molar-refractivity contribution is 5.75. The summed E-state index contributed by atoms with van der Waals surface area (Å²) in [6.45, 7) is 5.39. The van der Waals surface area contributed by atoms with Gasteiger partial charge < -0.3 is 5.11 Å². The Balaban J connectivity index is 2.68. The number of hydrogen-bond acceptors (Lipinski definition) is 1. The molecule has 1 N–H and O–H groups in total. The summed E-state index contributed by atoms with van der Waals surface area (Å²) < 4.78 is 0. The molecule has 0 aromatic rings. The zero-order chi connectivity index (χ0) is 8.48. The molecule has 0 aliphatic heterocycles. The summed E-state index contributed by atoms with van der Waals surface area (Å²) in [5.74, 6) is -0.294. The second-order valence-corrected chi connectivity index (χ2v) is 3.49. The molecule has 1 atom stereocenters. The molecule has 0 bridgehead atoms. The van der Waals surface area contributed by atoms with Crippen molar-refractivity contribution >= 4 is 5.97 Å². The van der Waals surface area contributed by atoms with E-state index in [-0.39, 0.29) is 0 Å². The van der Waals surface area contributed by atoms with Crippen LogP contribution in [0.5, 0.6) is 0 Å². The highest BCUT2D eigenvalue weighted by Crippen LogP contribution is 2.47. The van der Waals surface area contributed by atoms with E-state index in [1.165, 1.54) is 0 Å². The van der Waals surface area contributed by atoms with E-state index in [9.17, 15) is 4.79 Å². The van der Waals surface area contributed by atoms with E-state index in [4.69, 9.17) is 5.11 Å². The first-order chi connectivity index (χ1) is 5.11. The maximum Gasteiger partial charge on any atom is 0.309 e. The van der Waals surface area contributed by atoms with Crippen LogP contribution in [0.1, 0.15) is 26.2 Å². The lowest BCUT2D eigenvalue weighted by molar-refractivity contribution is -0.149. The van der Waals surface area contributed by atoms with Crippen LogP contribution in [0, 0.1) is 11.3 Å². The van der Waals surface area contributed by atoms with Gasteiger partial charge in [0.2, 0.25) is 0 Å². The predicted octanol–water partition coefficient (Wildman–Crippen LogP) is 2.06. The maximum absolute atomic E-state index is 10.8. The van der Waals surface area contributed by atoms with Crippen LogP contribution in [-0.4, -0.2) is 11.1 Å². The first kappa shape index (κ1) is 8.31. The van der Waals surface area contributed by atoms with Crippen molar-refractivity contribution in [3.05, 3.63) is 12.7 Å². The largest absolute Gasteiger partial charge is 0.481 e. The third kappa shape index (κ3) is 1.44. The average molecular weight is 154 g/mol. The number of rotatable bonds is 4. The number of carboxylic acids is 1. The molecule has 1 unspecified atom stereocenters. The normalized spacial score (nSPS) is 22.3. The molecule has 0 spiro atoms. The summed E-state index contributed by atoms with van der Waals surface area (Å²) in [6.07, 6.45) is 4.42. The molecule has 1 aliphatic carbocycles. The maximum atomic E-state index is 10.8. The fourth-order valence-corrected chi connectivity index (χ4v) is 1.45. The van der Waals surface area contributed by atoms with Gasteiger partial charge in [0.25, 0.3) is 0 Å². The molecule has 2 nitrogen and oxygen atoms in total. The Labute approximate surface area is 66.9 Å². The van der Waals surface area contributed by atoms with E-state index in [1.807, 2.05) is 6.92 Å². The highest BCUT2D eigenvalue weighted by atomic mass is 16.4. The zero-order valence-electron chi connectivity index (χ0n) is 6.84. The van der Waals surface area contributed by atoms with Gasteiger partial charge in [-0.1, -0.05) is 6.08 Å². The summed E-state index contributed by atoms with van der Waals surface area (Å²) in [6, 6.07) is 0. The van der Waals surface area contributed by atoms with Gasteiger partial charge in [0.05, 0.1) is 5.41 Å². The third-order valence-electron chi connectivity index (χ3n) is 2.54. The number of carboxylic acid groups (broad SMARTS) is 1. The second-order valence-electron chi connectivity index (χ2n) is 3.49. The van der Waals surface area contributed by atoms with Crippen molar-refractivity contribution in [3.8, 4) is 0 Å². The fraction of sp³-hybridized carbons (Fsp3) is 0.667. The lowest BCUT2D eigenvalue weighted by atomic mass is 9.82. The van der Waals surface area contributed by atoms with Crippen molar-refractivity contribution in [2.45, 2.75) is 26.2 Å². The Bertz CT molecular complexity index is 182. The Morgan fingerprint density at radius 3 is 2.64 bits per heavy atom. The molecule has 1 rings (SSSR count). The summed E-state index contributed by atoms with van der Waals surface area (Å²) in [4.78, 5) is 10.8. The number of aliphatic carboxylic acids is 1. The summed E-state index contributed by atoms with van der Waals surface area (Å²) >= 11 is 0. The van der Waals surface area contributed by atoms with Gasteiger partial charge in [0, 0.05) is 0 Å². The van der Waals surface area contributed by atoms with Gasteiger partial charge in [-0.25, -0.2) is 0 Å². The van der Waals surface area contributed by atoms with Crippen LogP contribution in [0.15, 0.2) is 12.7 Å². The Morgan fingerprint density at radius 2 is 2.36 bits per heavy atom. The smallest absolute Gasteiger partial charge is 0.309 e. The van der Waals surface area contributed by atoms with Crippen molar-refractivity contribution in [1.29, 1.82) is 0 Å². The summed E-state index contributed by atoms with van der Waals surface area (Å²) in [5, 5.41) is 8.93. The molecule has 0 amide bonds. The van der Waals surface area contributed by atoms with E-state index in [2.05, 4.69) is 6.58 Å². The van der Waals surface area contributed by atoms with E-state index in [1.54, 1.807) is 6.08 Å². The number of allylic oxidation sites excluding steroid dienone is 1. The molecule has 62 valence electrons. The summed E-state index contributed by atoms with van der Waals surface area (Å²) in [5.41, 5.74) is -0.540. The van der Waals surface area contributed by atoms with E-state index in [0.717, 1.165) is 12.8 Å². The molecular formula is C9H14O2. The Hall–Kier alpha value is -0.790. The van der Waals surface area contributed by atoms with Crippen molar-refractivity contribution in [2.24, 2.45) is 11.3 Å². The first-order valence-corrected chi connectivity index (χ1v) is 3.95. The van der Waals surface area contributed by atoms with Crippen LogP contribution < -0.4 is 0 Å². The highest BCUT2D eigenvalue weighted by Gasteiger charge is 2.46. The van der Waals surface area contributed by atoms with Gasteiger partial charge in [-0.15, -0.1) is 6.58 Å². The van der Waals surface area contributed by atoms with Crippen molar-refractivity contribution in [3.63, 3.8) is 0 Å². The van der Waals surface area contributed by atoms with Crippen LogP contribution in [0.3, 0.4) is 0 Å². The molecule has 11 heavy (non-hydrogen) atoms. The van der Waals surface area contributed by atoms with E-state index >= 15 is 0 Å². The molecule has 0 aromatic carbocycles. The summed E-state index contributed by atoms with van der Waals surface area (Å²) in [7, 11) is 0. The number of carbonyl (C=O) groups is 1. The SMILES string of the molecule is C=CCC(C)(C(=O)O)C1CC1. The first-order valence-electron chi connectivity index (χ1n) is 3.95. The van der Waals surface area contributed by atoms with Crippen LogP contribution in [-0.2, 0) is 4.79 Å². The molecular weight excluding hydrogens is 140 g/mol. The van der Waals surface area contributed by atoms with Crippen molar-refractivity contribution in [2.75, 3.05) is 0 Å². The minimum absolute atomic E-state index is 0.387. The molecule has 0 aromatic heterocycles. The van der Waals surface area contributed by atoms with E-state index < -0.39 is 11.4 Å². The molecule has 0 saturated heterocycles. The molecule has 1 aliphatic rings. The van der Waals surface area contributed by atoms with Crippen molar-refractivity contribution < 1.29 is 9.90 Å². The third-order valence-corrected chi connectivity index (χ3v) is 2.54. The van der Waals surface area contributed by atoms with Gasteiger partial charge in [-0.2, -0.15) is 0 Å². The quantitative estimate of drug-likeness (QED) is 0.629. The Morgan fingerprint density at radius 1 is 1.82 bits per heavy atom. The fourth-order valence-electron chi connectivity index (χ4n) is 1.45. The van der Waals surface area contributed by atoms with E-state index in [0.29, 0.717) is 12.3 Å². The molecule has 0 heterocycles. The molecule has 1 fully saturated rings. The lowest BCUT2D eigenvalue weighted by Gasteiger charge is -2.22. The standard InChI is InChI=1S/C9H14O2/c1-3-6-9(2,8(10)11)7-4-5-7/h3,7H,1,4-6H2,2H3,(H,10,11). The average Bonchev–Trinajstić information content (AvgIpc) is 2.68. The van der Waals surface area contributed by atoms with Gasteiger partial charge in [0.15, 0.2) is 0 Å². The van der Waals surface area contributed by atoms with Gasteiger partial charge in [-0.3, -0.25) is 4.79 Å². The monoisotopic (exact) mass is 154 g/mol. The lowest BCUT2D eigenvalue weighted by Crippen LogP contribution is -2.29. The van der Waals surface area contributed by atoms with Gasteiger partial charge >= 0.3 is 5.97 Å². The minimum atomic E-state index is -0.681. The van der Waals surface area contributed by atoms with Crippen molar-refractivity contribution in [1.82, 2.24) is 0 Å². The number of hydrogen-bond donors (Lipinski definition) is 1. The van der Waals surface area contributed by atoms with Gasteiger partial charge in [0.1, 0.15) is 0 Å². The van der Waals surface area contributed by atoms with Crippen LogP contribution in [0.2, 0.25) is 0 Å². The zero-order valence-corrected chi connectivity index (χ0v) is 6.84. The minimum Gasteiger partial charge on any atom is -0.481 e. The predicted molar refractivity (Wildman–Crippen MR) is 43.3 cm³/mol. The van der Waals surface area contributed by atoms with Gasteiger partial charge in [-0.05, 0) is 32.1 Å². The van der Waals surface area contributed by atoms with Crippen LogP contribution >= 0.6 is 0 Å². The molecule has 1 saturated carbocycles. The molecule has 2 heteroatoms. The molecule has 0 radical (unpaired) electrons. The van der Waals surface area contributed by atoms with Crippen LogP contribution in [0.4, 0.5) is 0 Å². The topological polar surface area (TPSA) is 37.3 Å². The Kier molecular flexibility index (Phi) is 2.03. The van der Waals surface area contributed by atoms with Crippen LogP contribution in [0.25, 0.3) is 0 Å². The second kappa shape index (κ2) is 2.68.